The van der Waals surface area contributed by atoms with Crippen LogP contribution in [-0.2, 0) is 33.3 Å². The summed E-state index contributed by atoms with van der Waals surface area (Å²) in [5.74, 6) is -7.94. The predicted octanol–water partition coefficient (Wildman–Crippen LogP) is 3.39. The molecule has 1 fully saturated rings. The zero-order valence-electron chi connectivity index (χ0n) is 19.6. The molecule has 2 aromatic carbocycles. The van der Waals surface area contributed by atoms with E-state index in [4.69, 9.17) is 15.7 Å². The van der Waals surface area contributed by atoms with E-state index in [-0.39, 0.29) is 23.6 Å². The van der Waals surface area contributed by atoms with Crippen LogP contribution in [-0.4, -0.2) is 34.4 Å². The molecule has 0 saturated carbocycles. The molecule has 2 aliphatic rings. The lowest BCUT2D eigenvalue weighted by atomic mass is 9.97. The van der Waals surface area contributed by atoms with Gasteiger partial charge in [-0.15, -0.1) is 0 Å². The molecule has 0 bridgehead atoms. The Morgan fingerprint density at radius 1 is 1.22 bits per heavy atom. The molecule has 1 saturated heterocycles. The first-order valence-electron chi connectivity index (χ1n) is 11.2. The first-order valence-corrected chi connectivity index (χ1v) is 10.1. The lowest BCUT2D eigenvalue weighted by molar-refractivity contribution is -0.144. The number of carbonyl (C=O) groups is 4. The molecule has 0 unspecified atom stereocenters. The molecule has 0 radical (unpaired) electrons. The lowest BCUT2D eigenvalue weighted by Gasteiger charge is -2.29. The van der Waals surface area contributed by atoms with Gasteiger partial charge < -0.3 is 4.90 Å². The standard InChI is InChI=1S/C23H19ClF2N2O4/c24-16-5-3-15(4-6-16)23(25,26)19(29)9-2-13-1-7-17-14(11-13)12-28(22(17)32)18-8-10-20(30)27-21(18)31/h1,3-7,11,18H,2,8-10,12H2,(H,27,30,31)/t18-/m0/s1/i10D2,18D. The summed E-state index contributed by atoms with van der Waals surface area (Å²) in [4.78, 5) is 50.1. The van der Waals surface area contributed by atoms with Crippen molar-refractivity contribution >= 4 is 35.1 Å². The zero-order chi connectivity index (χ0) is 25.8. The van der Waals surface area contributed by atoms with E-state index < -0.39 is 60.2 Å². The van der Waals surface area contributed by atoms with E-state index >= 15 is 0 Å². The summed E-state index contributed by atoms with van der Waals surface area (Å²) in [7, 11) is 0. The van der Waals surface area contributed by atoms with Gasteiger partial charge in [0.25, 0.3) is 5.91 Å². The number of fused-ring (bicyclic) bond motifs is 1. The van der Waals surface area contributed by atoms with Crippen molar-refractivity contribution in [3.8, 4) is 0 Å². The van der Waals surface area contributed by atoms with Gasteiger partial charge in [0, 0.05) is 38.2 Å². The van der Waals surface area contributed by atoms with E-state index in [1.807, 2.05) is 5.32 Å². The van der Waals surface area contributed by atoms with Gasteiger partial charge in [0.05, 0.1) is 1.37 Å². The maximum atomic E-state index is 14.5. The Hall–Kier alpha value is -3.13. The molecule has 0 aliphatic carbocycles. The van der Waals surface area contributed by atoms with Crippen LogP contribution < -0.4 is 5.32 Å². The number of amides is 3. The van der Waals surface area contributed by atoms with Crippen LogP contribution in [0.25, 0.3) is 0 Å². The Kier molecular flexibility index (Phi) is 4.86. The van der Waals surface area contributed by atoms with Gasteiger partial charge in [-0.2, -0.15) is 8.78 Å². The van der Waals surface area contributed by atoms with Crippen LogP contribution in [0.5, 0.6) is 0 Å². The van der Waals surface area contributed by atoms with Crippen LogP contribution in [0.2, 0.25) is 5.02 Å². The number of halogens is 3. The number of benzene rings is 2. The van der Waals surface area contributed by atoms with Crippen molar-refractivity contribution in [3.05, 3.63) is 69.7 Å². The number of rotatable bonds is 6. The fourth-order valence-corrected chi connectivity index (χ4v) is 3.79. The molecule has 2 heterocycles. The van der Waals surface area contributed by atoms with Gasteiger partial charge in [0.1, 0.15) is 6.02 Å². The predicted molar refractivity (Wildman–Crippen MR) is 111 cm³/mol. The minimum atomic E-state index is -3.70. The van der Waals surface area contributed by atoms with Gasteiger partial charge in [0.2, 0.25) is 17.6 Å². The third kappa shape index (κ3) is 4.14. The van der Waals surface area contributed by atoms with Gasteiger partial charge in [-0.05, 0) is 42.2 Å². The van der Waals surface area contributed by atoms with Crippen molar-refractivity contribution in [1.82, 2.24) is 10.2 Å². The quantitative estimate of drug-likeness (QED) is 0.665. The number of piperidine rings is 1. The highest BCUT2D eigenvalue weighted by Gasteiger charge is 2.41. The molecular weight excluding hydrogens is 442 g/mol. The maximum absolute atomic E-state index is 14.5. The number of ketones is 1. The van der Waals surface area contributed by atoms with Crippen molar-refractivity contribution < 1.29 is 32.1 Å². The second-order valence-electron chi connectivity index (χ2n) is 7.47. The number of hydrogen-bond donors (Lipinski definition) is 1. The number of nitrogens with one attached hydrogen (secondary N) is 1. The number of alkyl halides is 2. The molecule has 4 rings (SSSR count). The third-order valence-corrected chi connectivity index (χ3v) is 5.65. The lowest BCUT2D eigenvalue weighted by Crippen LogP contribution is -2.52. The topological polar surface area (TPSA) is 83.6 Å². The summed E-state index contributed by atoms with van der Waals surface area (Å²) in [5, 5.41) is 2.07. The molecule has 9 heteroatoms. The molecule has 3 amide bonds. The highest BCUT2D eigenvalue weighted by molar-refractivity contribution is 6.30. The van der Waals surface area contributed by atoms with Crippen molar-refractivity contribution in [3.63, 3.8) is 0 Å². The van der Waals surface area contributed by atoms with E-state index in [0.717, 1.165) is 17.0 Å². The first kappa shape index (κ1) is 18.4. The van der Waals surface area contributed by atoms with Crippen LogP contribution in [0, 0.1) is 0 Å². The van der Waals surface area contributed by atoms with Gasteiger partial charge in [0.15, 0.2) is 0 Å². The van der Waals surface area contributed by atoms with Crippen molar-refractivity contribution in [2.45, 2.75) is 44.1 Å². The smallest absolute Gasteiger partial charge is 0.322 e. The second-order valence-corrected chi connectivity index (χ2v) is 7.91. The van der Waals surface area contributed by atoms with Crippen molar-refractivity contribution in [2.24, 2.45) is 0 Å². The molecule has 2 aromatic rings. The van der Waals surface area contributed by atoms with Crippen LogP contribution in [0.3, 0.4) is 0 Å². The zero-order valence-corrected chi connectivity index (χ0v) is 17.3. The molecule has 2 aliphatic heterocycles. The average molecular weight is 464 g/mol. The number of imide groups is 1. The molecule has 6 nitrogen and oxygen atoms in total. The normalized spacial score (nSPS) is 23.8. The Balaban J connectivity index is 1.49. The average Bonchev–Trinajstić information content (AvgIpc) is 3.12. The Labute approximate surface area is 191 Å². The Morgan fingerprint density at radius 3 is 2.66 bits per heavy atom. The molecule has 1 atom stereocenters. The summed E-state index contributed by atoms with van der Waals surface area (Å²) in [6.07, 6.45) is -3.86. The number of carbonyl (C=O) groups excluding carboxylic acids is 4. The van der Waals surface area contributed by atoms with Crippen LogP contribution in [0.4, 0.5) is 8.78 Å². The van der Waals surface area contributed by atoms with E-state index in [1.54, 1.807) is 0 Å². The monoisotopic (exact) mass is 463 g/mol. The maximum Gasteiger partial charge on any atom is 0.330 e. The minimum absolute atomic E-state index is 0.0347. The molecule has 166 valence electrons. The Morgan fingerprint density at radius 2 is 1.94 bits per heavy atom. The highest BCUT2D eigenvalue weighted by atomic mass is 35.5. The summed E-state index contributed by atoms with van der Waals surface area (Å²) >= 11 is 5.71. The highest BCUT2D eigenvalue weighted by Crippen LogP contribution is 2.32. The van der Waals surface area contributed by atoms with Crippen LogP contribution in [0.1, 0.15) is 50.4 Å². The minimum Gasteiger partial charge on any atom is -0.322 e. The molecular formula is C23H19ClF2N2O4. The molecule has 0 spiro atoms. The summed E-state index contributed by atoms with van der Waals surface area (Å²) in [6, 6.07) is 6.82. The second kappa shape index (κ2) is 8.43. The number of hydrogen-bond acceptors (Lipinski definition) is 4. The number of nitrogens with zero attached hydrogens (tertiary/aromatic N) is 1. The van der Waals surface area contributed by atoms with Crippen LogP contribution in [0.15, 0.2) is 42.5 Å². The van der Waals surface area contributed by atoms with E-state index in [2.05, 4.69) is 0 Å². The summed E-state index contributed by atoms with van der Waals surface area (Å²) in [6.45, 7) is -0.210. The van der Waals surface area contributed by atoms with Gasteiger partial charge >= 0.3 is 5.92 Å². The molecule has 0 aromatic heterocycles. The van der Waals surface area contributed by atoms with E-state index in [1.165, 1.54) is 30.3 Å². The van der Waals surface area contributed by atoms with Gasteiger partial charge in [-0.3, -0.25) is 24.5 Å². The van der Waals surface area contributed by atoms with Gasteiger partial charge in [-0.25, -0.2) is 0 Å². The van der Waals surface area contributed by atoms with E-state index in [0.29, 0.717) is 11.1 Å². The fourth-order valence-electron chi connectivity index (χ4n) is 3.66. The van der Waals surface area contributed by atoms with Crippen molar-refractivity contribution in [2.75, 3.05) is 0 Å². The number of Topliss-reactive ketones (excluding diaryl/α,β-unsaturated/α-hetero) is 1. The molecule has 1 N–H and O–H groups in total. The first-order chi connectivity index (χ1) is 16.3. The summed E-state index contributed by atoms with van der Waals surface area (Å²) < 4.78 is 53.1. The number of aryl methyl sites for hydroxylation is 1. The SMILES string of the molecule is [2H]C1([2H])C[C@]([2H])(N2Cc3cc(CCC(=O)C(F)(F)c4ccc(Cl)cc4)ccc3C2=O)C(=O)NC1=O. The third-order valence-electron chi connectivity index (χ3n) is 5.40. The fraction of sp³-hybridized carbons (Fsp3) is 0.304. The summed E-state index contributed by atoms with van der Waals surface area (Å²) in [5.41, 5.74) is 0.605. The largest absolute Gasteiger partial charge is 0.330 e. The van der Waals surface area contributed by atoms with E-state index in [9.17, 15) is 28.0 Å². The van der Waals surface area contributed by atoms with Gasteiger partial charge in [-0.1, -0.05) is 35.9 Å². The Bertz CT molecular complexity index is 1260. The van der Waals surface area contributed by atoms with Crippen LogP contribution >= 0.6 is 11.6 Å². The van der Waals surface area contributed by atoms with Crippen molar-refractivity contribution in [1.29, 1.82) is 0 Å². The molecule has 32 heavy (non-hydrogen) atoms.